The molecule has 0 aliphatic rings. The Bertz CT molecular complexity index is 161. The average Bonchev–Trinajstić information content (AvgIpc) is 2.19. The summed E-state index contributed by atoms with van der Waals surface area (Å²) in [5, 5.41) is 7.86. The van der Waals surface area contributed by atoms with Gasteiger partial charge in [-0.3, -0.25) is 4.79 Å². The molecular weight excluding hydrogens is 124 g/mol. The van der Waals surface area contributed by atoms with Crippen LogP contribution in [0.1, 0.15) is 5.01 Å². The molecule has 3 nitrogen and oxygen atoms in total. The van der Waals surface area contributed by atoms with Crippen molar-refractivity contribution >= 4 is 17.6 Å². The fourth-order valence-electron chi connectivity index (χ4n) is 0.335. The predicted molar refractivity (Wildman–Crippen MR) is 29.3 cm³/mol. The Morgan fingerprint density at radius 2 is 2.75 bits per heavy atom. The average molecular weight is 127 g/mol. The number of carbonyl (C=O) groups excluding carboxylic acids is 1. The van der Waals surface area contributed by atoms with Crippen LogP contribution in [0.4, 0.5) is 0 Å². The standard InChI is InChI=1S/C4H3N2OS/c7-2-1-4-6-5-3-8-4/h3H,1H2. The van der Waals surface area contributed by atoms with Gasteiger partial charge in [0.2, 0.25) is 6.29 Å². The zero-order valence-corrected chi connectivity index (χ0v) is 4.81. The molecule has 0 saturated heterocycles. The molecular formula is C4H3N2OS. The topological polar surface area (TPSA) is 42.9 Å². The van der Waals surface area contributed by atoms with Gasteiger partial charge >= 0.3 is 0 Å². The first-order chi connectivity index (χ1) is 3.93. The zero-order valence-electron chi connectivity index (χ0n) is 4.00. The molecule has 0 fully saturated rings. The zero-order chi connectivity index (χ0) is 5.82. The Labute approximate surface area is 50.4 Å². The third kappa shape index (κ3) is 1.10. The normalized spacial score (nSPS) is 9.00. The van der Waals surface area contributed by atoms with E-state index in [1.807, 2.05) is 0 Å². The molecule has 0 atom stereocenters. The molecule has 1 heterocycles. The van der Waals surface area contributed by atoms with E-state index >= 15 is 0 Å². The Morgan fingerprint density at radius 3 is 3.25 bits per heavy atom. The Kier molecular flexibility index (Phi) is 1.69. The summed E-state index contributed by atoms with van der Waals surface area (Å²) in [5.74, 6) is 0. The predicted octanol–water partition coefficient (Wildman–Crippen LogP) is 0.190. The van der Waals surface area contributed by atoms with Crippen molar-refractivity contribution in [3.8, 4) is 0 Å². The second kappa shape index (κ2) is 2.52. The molecule has 0 N–H and O–H groups in total. The van der Waals surface area contributed by atoms with E-state index < -0.39 is 0 Å². The van der Waals surface area contributed by atoms with Crippen molar-refractivity contribution < 1.29 is 4.79 Å². The van der Waals surface area contributed by atoms with Crippen LogP contribution in [0.25, 0.3) is 0 Å². The summed E-state index contributed by atoms with van der Waals surface area (Å²) in [7, 11) is 0. The highest BCUT2D eigenvalue weighted by Gasteiger charge is 1.92. The molecule has 0 amide bonds. The highest BCUT2D eigenvalue weighted by Crippen LogP contribution is 1.98. The SMILES string of the molecule is O=[C]Cc1nncs1. The number of rotatable bonds is 2. The molecule has 41 valence electrons. The second-order valence-corrected chi connectivity index (χ2v) is 2.07. The van der Waals surface area contributed by atoms with Crippen molar-refractivity contribution in [2.24, 2.45) is 0 Å². The minimum Gasteiger partial charge on any atom is -0.290 e. The van der Waals surface area contributed by atoms with Crippen molar-refractivity contribution in [2.75, 3.05) is 0 Å². The first-order valence-corrected chi connectivity index (χ1v) is 2.91. The van der Waals surface area contributed by atoms with E-state index in [1.165, 1.54) is 11.3 Å². The third-order valence-electron chi connectivity index (χ3n) is 0.629. The quantitative estimate of drug-likeness (QED) is 0.569. The molecule has 0 saturated carbocycles. The van der Waals surface area contributed by atoms with Gasteiger partial charge in [0.1, 0.15) is 10.5 Å². The molecule has 0 aliphatic carbocycles. The highest BCUT2D eigenvalue weighted by molar-refractivity contribution is 7.09. The van der Waals surface area contributed by atoms with E-state index in [9.17, 15) is 4.79 Å². The summed E-state index contributed by atoms with van der Waals surface area (Å²) in [4.78, 5) is 9.69. The van der Waals surface area contributed by atoms with Gasteiger partial charge < -0.3 is 0 Å². The maximum Gasteiger partial charge on any atom is 0.205 e. The van der Waals surface area contributed by atoms with Crippen LogP contribution >= 0.6 is 11.3 Å². The van der Waals surface area contributed by atoms with Crippen molar-refractivity contribution in [3.63, 3.8) is 0 Å². The number of nitrogens with zero attached hydrogens (tertiary/aromatic N) is 2. The van der Waals surface area contributed by atoms with Crippen LogP contribution in [0.3, 0.4) is 0 Å². The van der Waals surface area contributed by atoms with Crippen molar-refractivity contribution in [1.82, 2.24) is 10.2 Å². The maximum atomic E-state index is 9.69. The van der Waals surface area contributed by atoms with Gasteiger partial charge in [-0.25, -0.2) is 0 Å². The van der Waals surface area contributed by atoms with Gasteiger partial charge in [0, 0.05) is 0 Å². The molecule has 1 aromatic heterocycles. The summed E-state index contributed by atoms with van der Waals surface area (Å²) in [6.07, 6.45) is 2.00. The number of hydrogen-bond donors (Lipinski definition) is 0. The lowest BCUT2D eigenvalue weighted by Crippen LogP contribution is -1.82. The third-order valence-corrected chi connectivity index (χ3v) is 1.33. The fourth-order valence-corrected chi connectivity index (χ4v) is 0.787. The van der Waals surface area contributed by atoms with Crippen molar-refractivity contribution in [3.05, 3.63) is 10.5 Å². The summed E-state index contributed by atoms with van der Waals surface area (Å²) in [6.45, 7) is 0. The number of aromatic nitrogens is 2. The summed E-state index contributed by atoms with van der Waals surface area (Å²) in [5.41, 5.74) is 1.59. The largest absolute Gasteiger partial charge is 0.290 e. The van der Waals surface area contributed by atoms with Crippen LogP contribution in [0, 0.1) is 0 Å². The minimum atomic E-state index is 0.269. The molecule has 0 unspecified atom stereocenters. The molecule has 4 heteroatoms. The van der Waals surface area contributed by atoms with Gasteiger partial charge in [-0.15, -0.1) is 21.5 Å². The van der Waals surface area contributed by atoms with E-state index in [0.717, 1.165) is 5.01 Å². The van der Waals surface area contributed by atoms with Crippen LogP contribution in [0.15, 0.2) is 5.51 Å². The maximum absolute atomic E-state index is 9.69. The molecule has 0 aliphatic heterocycles. The summed E-state index contributed by atoms with van der Waals surface area (Å²) < 4.78 is 0. The van der Waals surface area contributed by atoms with Gasteiger partial charge in [-0.05, 0) is 0 Å². The van der Waals surface area contributed by atoms with Gasteiger partial charge in [0.05, 0.1) is 6.42 Å². The molecule has 0 spiro atoms. The van der Waals surface area contributed by atoms with Crippen LogP contribution in [-0.4, -0.2) is 16.5 Å². The van der Waals surface area contributed by atoms with E-state index in [-0.39, 0.29) is 6.42 Å². The molecule has 8 heavy (non-hydrogen) atoms. The smallest absolute Gasteiger partial charge is 0.205 e. The van der Waals surface area contributed by atoms with Crippen LogP contribution in [0.2, 0.25) is 0 Å². The molecule has 1 aromatic rings. The van der Waals surface area contributed by atoms with E-state index in [4.69, 9.17) is 0 Å². The van der Waals surface area contributed by atoms with Gasteiger partial charge in [-0.2, -0.15) is 0 Å². The first-order valence-electron chi connectivity index (χ1n) is 2.03. The molecule has 0 aromatic carbocycles. The molecule has 0 bridgehead atoms. The van der Waals surface area contributed by atoms with E-state index in [0.29, 0.717) is 0 Å². The van der Waals surface area contributed by atoms with Crippen LogP contribution in [0.5, 0.6) is 0 Å². The summed E-state index contributed by atoms with van der Waals surface area (Å²) in [6, 6.07) is 0. The monoisotopic (exact) mass is 127 g/mol. The lowest BCUT2D eigenvalue weighted by Gasteiger charge is -1.73. The lowest BCUT2D eigenvalue weighted by molar-refractivity contribution is 0.555. The fraction of sp³-hybridized carbons (Fsp3) is 0.250. The Hall–Kier alpha value is -0.770. The Balaban J connectivity index is 2.62. The first kappa shape index (κ1) is 5.37. The van der Waals surface area contributed by atoms with Crippen LogP contribution in [-0.2, 0) is 11.2 Å². The van der Waals surface area contributed by atoms with Gasteiger partial charge in [0.15, 0.2) is 0 Å². The van der Waals surface area contributed by atoms with E-state index in [1.54, 1.807) is 11.8 Å². The van der Waals surface area contributed by atoms with Gasteiger partial charge in [-0.1, -0.05) is 0 Å². The van der Waals surface area contributed by atoms with Crippen molar-refractivity contribution in [1.29, 1.82) is 0 Å². The molecule has 1 radical (unpaired) electrons. The lowest BCUT2D eigenvalue weighted by atomic mass is 10.5. The Morgan fingerprint density at radius 1 is 1.88 bits per heavy atom. The summed E-state index contributed by atoms with van der Waals surface area (Å²) >= 11 is 1.36. The van der Waals surface area contributed by atoms with Crippen molar-refractivity contribution in [2.45, 2.75) is 6.42 Å². The highest BCUT2D eigenvalue weighted by atomic mass is 32.1. The van der Waals surface area contributed by atoms with Crippen LogP contribution < -0.4 is 0 Å². The second-order valence-electron chi connectivity index (χ2n) is 1.15. The molecule has 1 rings (SSSR count). The van der Waals surface area contributed by atoms with Gasteiger partial charge in [0.25, 0.3) is 0 Å². The van der Waals surface area contributed by atoms with E-state index in [2.05, 4.69) is 10.2 Å². The minimum absolute atomic E-state index is 0.269. The number of hydrogen-bond acceptors (Lipinski definition) is 4.